The Morgan fingerprint density at radius 1 is 1.42 bits per heavy atom. The lowest BCUT2D eigenvalue weighted by atomic mass is 9.72. The third-order valence-electron chi connectivity index (χ3n) is 3.91. The van der Waals surface area contributed by atoms with Gasteiger partial charge < -0.3 is 36.9 Å². The van der Waals surface area contributed by atoms with Crippen molar-refractivity contribution in [3.8, 4) is 0 Å². The Labute approximate surface area is 140 Å². The van der Waals surface area contributed by atoms with Crippen molar-refractivity contribution in [2.45, 2.75) is 44.1 Å². The Hall–Kier alpha value is -1.85. The molecule has 1 aliphatic heterocycles. The Morgan fingerprint density at radius 3 is 2.67 bits per heavy atom. The van der Waals surface area contributed by atoms with Crippen LogP contribution >= 0.6 is 0 Å². The van der Waals surface area contributed by atoms with Crippen molar-refractivity contribution in [2.24, 2.45) is 17.4 Å². The summed E-state index contributed by atoms with van der Waals surface area (Å²) in [6, 6.07) is 0. The van der Waals surface area contributed by atoms with Crippen LogP contribution in [0.3, 0.4) is 0 Å². The highest BCUT2D eigenvalue weighted by atomic mass is 16.5. The summed E-state index contributed by atoms with van der Waals surface area (Å²) in [7, 11) is -1.23. The zero-order chi connectivity index (χ0) is 18.1. The Kier molecular flexibility index (Phi) is 8.51. The first-order valence-corrected chi connectivity index (χ1v) is 7.97. The lowest BCUT2D eigenvalue weighted by Crippen LogP contribution is -2.54. The third-order valence-corrected chi connectivity index (χ3v) is 3.91. The van der Waals surface area contributed by atoms with Gasteiger partial charge >= 0.3 is 13.1 Å². The topological polar surface area (TPSA) is 184 Å². The maximum atomic E-state index is 12.2. The number of carboxylic acid groups (broad SMARTS) is 1. The summed E-state index contributed by atoms with van der Waals surface area (Å²) < 4.78 is 5.23. The lowest BCUT2D eigenvalue weighted by molar-refractivity contribution is -0.139. The van der Waals surface area contributed by atoms with Crippen LogP contribution in [0, 0.1) is 11.3 Å². The second kappa shape index (κ2) is 10.1. The summed E-state index contributed by atoms with van der Waals surface area (Å²) in [6.07, 6.45) is 1.31. The van der Waals surface area contributed by atoms with Crippen LogP contribution in [0.15, 0.2) is 0 Å². The summed E-state index contributed by atoms with van der Waals surface area (Å²) in [5, 5.41) is 31.1. The normalized spacial score (nSPS) is 21.8. The van der Waals surface area contributed by atoms with E-state index in [1.54, 1.807) is 0 Å². The number of rotatable bonds is 9. The van der Waals surface area contributed by atoms with E-state index in [0.717, 1.165) is 0 Å². The predicted octanol–water partition coefficient (Wildman–Crippen LogP) is -2.02. The number of hydrogen-bond donors (Lipinski definition) is 7. The van der Waals surface area contributed by atoms with Crippen molar-refractivity contribution >= 4 is 25.0 Å². The van der Waals surface area contributed by atoms with Gasteiger partial charge in [0.2, 0.25) is 5.91 Å². The zero-order valence-electron chi connectivity index (χ0n) is 13.5. The van der Waals surface area contributed by atoms with E-state index < -0.39 is 31.1 Å². The van der Waals surface area contributed by atoms with Gasteiger partial charge in [0, 0.05) is 13.1 Å². The molecule has 0 aromatic heterocycles. The summed E-state index contributed by atoms with van der Waals surface area (Å²) >= 11 is 0. The fourth-order valence-electron chi connectivity index (χ4n) is 2.58. The standard InChI is InChI=1S/C13H26BN5O5/c15-7-8(2-1-5-18-13(16)17)12(22)19-10-4-3-9(6-11(20)21)24-14(10)23/h8-10,23H,1-7,15H2,(H,19,22)(H,20,21)(H4,16,17,18)/t8?,9-,10-/m0/s1. The van der Waals surface area contributed by atoms with E-state index in [2.05, 4.69) is 10.6 Å². The maximum absolute atomic E-state index is 12.2. The molecule has 1 aliphatic rings. The molecule has 1 rings (SSSR count). The number of aliphatic carboxylic acids is 1. The quantitative estimate of drug-likeness (QED) is 0.108. The van der Waals surface area contributed by atoms with Crippen LogP contribution in [0.25, 0.3) is 0 Å². The Morgan fingerprint density at radius 2 is 2.12 bits per heavy atom. The molecule has 3 atom stereocenters. The minimum atomic E-state index is -1.23. The summed E-state index contributed by atoms with van der Waals surface area (Å²) in [5.74, 6) is -2.38. The molecule has 0 saturated carbocycles. The number of hydrogen-bond acceptors (Lipinski definition) is 6. The highest BCUT2D eigenvalue weighted by molar-refractivity contribution is 6.45. The average Bonchev–Trinajstić information content (AvgIpc) is 2.49. The van der Waals surface area contributed by atoms with Gasteiger partial charge in [0.25, 0.3) is 0 Å². The van der Waals surface area contributed by atoms with Crippen LogP contribution in [0.2, 0.25) is 0 Å². The Balaban J connectivity index is 2.39. The summed E-state index contributed by atoms with van der Waals surface area (Å²) in [5.41, 5.74) is 10.8. The number of guanidine groups is 1. The van der Waals surface area contributed by atoms with Gasteiger partial charge in [0.15, 0.2) is 5.96 Å². The number of carboxylic acids is 1. The molecule has 1 saturated heterocycles. The first kappa shape index (κ1) is 20.2. The van der Waals surface area contributed by atoms with Crippen molar-refractivity contribution in [3.05, 3.63) is 0 Å². The molecular formula is C13H26BN5O5. The molecule has 24 heavy (non-hydrogen) atoms. The number of carbonyl (C=O) groups is 2. The molecular weight excluding hydrogens is 317 g/mol. The smallest absolute Gasteiger partial charge is 0.478 e. The minimum Gasteiger partial charge on any atom is -0.481 e. The van der Waals surface area contributed by atoms with Gasteiger partial charge in [0.1, 0.15) is 0 Å². The van der Waals surface area contributed by atoms with Crippen LogP contribution in [-0.2, 0) is 14.2 Å². The van der Waals surface area contributed by atoms with Gasteiger partial charge in [-0.25, -0.2) is 0 Å². The molecule has 0 aromatic carbocycles. The highest BCUT2D eigenvalue weighted by Gasteiger charge is 2.37. The maximum Gasteiger partial charge on any atom is 0.478 e. The van der Waals surface area contributed by atoms with E-state index in [1.165, 1.54) is 0 Å². The van der Waals surface area contributed by atoms with Gasteiger partial charge in [-0.15, -0.1) is 0 Å². The summed E-state index contributed by atoms with van der Waals surface area (Å²) in [4.78, 5) is 22.9. The van der Waals surface area contributed by atoms with Gasteiger partial charge in [-0.2, -0.15) is 0 Å². The van der Waals surface area contributed by atoms with Gasteiger partial charge in [-0.05, 0) is 25.7 Å². The van der Waals surface area contributed by atoms with Crippen LogP contribution in [-0.4, -0.2) is 60.2 Å². The molecule has 136 valence electrons. The van der Waals surface area contributed by atoms with Gasteiger partial charge in [-0.3, -0.25) is 15.0 Å². The molecule has 11 heteroatoms. The minimum absolute atomic E-state index is 0.123. The van der Waals surface area contributed by atoms with Crippen LogP contribution in [0.5, 0.6) is 0 Å². The van der Waals surface area contributed by atoms with E-state index >= 15 is 0 Å². The molecule has 0 radical (unpaired) electrons. The third kappa shape index (κ3) is 7.15. The van der Waals surface area contributed by atoms with Crippen LogP contribution in [0.4, 0.5) is 0 Å². The van der Waals surface area contributed by atoms with Crippen molar-refractivity contribution < 1.29 is 24.4 Å². The second-order valence-corrected chi connectivity index (χ2v) is 5.85. The molecule has 9 N–H and O–H groups in total. The monoisotopic (exact) mass is 343 g/mol. The van der Waals surface area contributed by atoms with Crippen molar-refractivity contribution in [2.75, 3.05) is 13.1 Å². The van der Waals surface area contributed by atoms with Crippen LogP contribution < -0.4 is 22.1 Å². The predicted molar refractivity (Wildman–Crippen MR) is 88.0 cm³/mol. The fourth-order valence-corrected chi connectivity index (χ4v) is 2.58. The molecule has 1 amide bonds. The van der Waals surface area contributed by atoms with E-state index in [9.17, 15) is 14.6 Å². The second-order valence-electron chi connectivity index (χ2n) is 5.85. The van der Waals surface area contributed by atoms with Crippen molar-refractivity contribution in [3.63, 3.8) is 0 Å². The molecule has 10 nitrogen and oxygen atoms in total. The zero-order valence-corrected chi connectivity index (χ0v) is 13.5. The molecule has 1 fully saturated rings. The van der Waals surface area contributed by atoms with Crippen molar-refractivity contribution in [1.29, 1.82) is 5.41 Å². The van der Waals surface area contributed by atoms with E-state index in [-0.39, 0.29) is 24.8 Å². The number of nitrogens with one attached hydrogen (secondary N) is 3. The first-order chi connectivity index (χ1) is 11.3. The van der Waals surface area contributed by atoms with Gasteiger partial charge in [0.05, 0.1) is 24.4 Å². The molecule has 0 spiro atoms. The number of carbonyl (C=O) groups excluding carboxylic acids is 1. The van der Waals surface area contributed by atoms with E-state index in [4.69, 9.17) is 26.6 Å². The SMILES string of the molecule is N=C(N)NCCCC(CN)C(=O)N[C@H]1CC[C@@H](CC(=O)O)OB1O. The number of nitrogens with two attached hydrogens (primary N) is 2. The van der Waals surface area contributed by atoms with E-state index in [0.29, 0.717) is 32.2 Å². The molecule has 1 unspecified atom stereocenters. The first-order valence-electron chi connectivity index (χ1n) is 7.97. The highest BCUT2D eigenvalue weighted by Crippen LogP contribution is 2.19. The average molecular weight is 343 g/mol. The fraction of sp³-hybridized carbons (Fsp3) is 0.769. The van der Waals surface area contributed by atoms with Crippen molar-refractivity contribution in [1.82, 2.24) is 10.6 Å². The lowest BCUT2D eigenvalue weighted by Gasteiger charge is -2.31. The Bertz CT molecular complexity index is 452. The molecule has 0 aliphatic carbocycles. The molecule has 0 aromatic rings. The molecule has 1 heterocycles. The van der Waals surface area contributed by atoms with Crippen LogP contribution in [0.1, 0.15) is 32.1 Å². The largest absolute Gasteiger partial charge is 0.481 e. The molecule has 0 bridgehead atoms. The van der Waals surface area contributed by atoms with Gasteiger partial charge in [-0.1, -0.05) is 0 Å². The van der Waals surface area contributed by atoms with E-state index in [1.807, 2.05) is 0 Å². The number of amides is 1. The summed E-state index contributed by atoms with van der Waals surface area (Å²) in [6.45, 7) is 0.641.